The second-order valence-corrected chi connectivity index (χ2v) is 7.44. The topological polar surface area (TPSA) is 52.0 Å². The number of nitrogen functional groups attached to an aromatic ring is 1. The van der Waals surface area contributed by atoms with Crippen molar-refractivity contribution in [2.24, 2.45) is 17.8 Å². The third kappa shape index (κ3) is 1.44. The lowest BCUT2D eigenvalue weighted by atomic mass is 9.49. The molecule has 1 aromatic heterocycles. The van der Waals surface area contributed by atoms with Crippen molar-refractivity contribution in [3.63, 3.8) is 0 Å². The second-order valence-electron chi connectivity index (χ2n) is 7.44. The summed E-state index contributed by atoms with van der Waals surface area (Å²) in [6.45, 7) is 0. The number of anilines is 1. The molecule has 0 aliphatic heterocycles. The van der Waals surface area contributed by atoms with E-state index in [1.807, 2.05) is 18.2 Å². The minimum absolute atomic E-state index is 0.239. The van der Waals surface area contributed by atoms with Gasteiger partial charge in [0.05, 0.1) is 0 Å². The molecular weight excluding hydrogens is 248 g/mol. The molecule has 0 unspecified atom stereocenters. The van der Waals surface area contributed by atoms with Crippen LogP contribution in [0, 0.1) is 17.8 Å². The first-order valence-corrected chi connectivity index (χ1v) is 7.87. The Morgan fingerprint density at radius 2 is 1.70 bits per heavy atom. The molecule has 2 aromatic rings. The van der Waals surface area contributed by atoms with Crippen LogP contribution < -0.4 is 5.73 Å². The van der Waals surface area contributed by atoms with Crippen LogP contribution in [0.4, 0.5) is 5.69 Å². The van der Waals surface area contributed by atoms with Crippen molar-refractivity contribution in [1.29, 1.82) is 0 Å². The number of hydrogen-bond donors (Lipinski definition) is 1. The van der Waals surface area contributed by atoms with Gasteiger partial charge in [-0.1, -0.05) is 0 Å². The Balaban J connectivity index is 1.63. The third-order valence-corrected chi connectivity index (χ3v) is 5.90. The molecule has 1 aromatic carbocycles. The minimum atomic E-state index is 0.239. The molecule has 20 heavy (non-hydrogen) atoms. The fourth-order valence-corrected chi connectivity index (χ4v) is 5.54. The first kappa shape index (κ1) is 11.2. The summed E-state index contributed by atoms with van der Waals surface area (Å²) < 4.78 is 6.14. The summed E-state index contributed by atoms with van der Waals surface area (Å²) in [5, 5.41) is 0. The van der Waals surface area contributed by atoms with Gasteiger partial charge in [-0.3, -0.25) is 0 Å². The Hall–Kier alpha value is -1.51. The molecule has 4 bridgehead atoms. The molecule has 4 aliphatic carbocycles. The van der Waals surface area contributed by atoms with E-state index in [0.717, 1.165) is 40.4 Å². The highest BCUT2D eigenvalue weighted by Crippen LogP contribution is 2.60. The van der Waals surface area contributed by atoms with E-state index in [1.165, 1.54) is 38.5 Å². The van der Waals surface area contributed by atoms with Crippen LogP contribution in [0.2, 0.25) is 0 Å². The Morgan fingerprint density at radius 1 is 1.05 bits per heavy atom. The van der Waals surface area contributed by atoms with E-state index in [-0.39, 0.29) is 5.41 Å². The van der Waals surface area contributed by atoms with Crippen LogP contribution in [0.1, 0.15) is 44.4 Å². The van der Waals surface area contributed by atoms with Gasteiger partial charge in [0, 0.05) is 11.1 Å². The molecule has 2 N–H and O–H groups in total. The first-order chi connectivity index (χ1) is 9.70. The molecule has 4 saturated carbocycles. The number of rotatable bonds is 1. The van der Waals surface area contributed by atoms with Crippen LogP contribution in [-0.2, 0) is 5.41 Å². The summed E-state index contributed by atoms with van der Waals surface area (Å²) in [5.74, 6) is 3.75. The van der Waals surface area contributed by atoms with Gasteiger partial charge in [-0.2, -0.15) is 0 Å². The monoisotopic (exact) mass is 268 g/mol. The normalized spacial score (nSPS) is 38.7. The fraction of sp³-hybridized carbons (Fsp3) is 0.588. The molecule has 3 heteroatoms. The lowest BCUT2D eigenvalue weighted by Gasteiger charge is -2.55. The number of fused-ring (bicyclic) bond motifs is 1. The number of nitrogens with two attached hydrogens (primary N) is 1. The summed E-state index contributed by atoms with van der Waals surface area (Å²) in [5.41, 5.74) is 8.68. The van der Waals surface area contributed by atoms with Crippen molar-refractivity contribution in [3.05, 3.63) is 24.1 Å². The van der Waals surface area contributed by atoms with Gasteiger partial charge in [0.15, 0.2) is 5.58 Å². The molecule has 104 valence electrons. The van der Waals surface area contributed by atoms with Crippen LogP contribution in [-0.4, -0.2) is 4.98 Å². The van der Waals surface area contributed by atoms with Crippen molar-refractivity contribution in [1.82, 2.24) is 4.98 Å². The van der Waals surface area contributed by atoms with Gasteiger partial charge in [-0.05, 0) is 74.5 Å². The van der Waals surface area contributed by atoms with E-state index >= 15 is 0 Å². The first-order valence-electron chi connectivity index (χ1n) is 7.87. The highest BCUT2D eigenvalue weighted by atomic mass is 16.3. The van der Waals surface area contributed by atoms with Crippen molar-refractivity contribution in [2.75, 3.05) is 5.73 Å². The molecule has 0 saturated heterocycles. The summed E-state index contributed by atoms with van der Waals surface area (Å²) in [7, 11) is 0. The molecule has 0 amide bonds. The molecule has 6 rings (SSSR count). The Morgan fingerprint density at radius 3 is 2.35 bits per heavy atom. The number of nitrogens with zero attached hydrogens (tertiary/aromatic N) is 1. The average molecular weight is 268 g/mol. The lowest BCUT2D eigenvalue weighted by molar-refractivity contribution is -0.0170. The summed E-state index contributed by atoms with van der Waals surface area (Å²) in [6.07, 6.45) is 8.23. The van der Waals surface area contributed by atoms with Gasteiger partial charge in [0.25, 0.3) is 0 Å². The van der Waals surface area contributed by atoms with Crippen LogP contribution in [0.5, 0.6) is 0 Å². The molecule has 3 nitrogen and oxygen atoms in total. The maximum Gasteiger partial charge on any atom is 0.201 e. The standard InChI is InChI=1S/C17H20N2O/c18-13-1-2-15-14(6-13)19-16(20-15)17-7-10-3-11(8-17)5-12(4-10)9-17/h1-2,6,10-12H,3-5,7-9,18H2. The van der Waals surface area contributed by atoms with Crippen LogP contribution in [0.25, 0.3) is 11.1 Å². The zero-order valence-electron chi connectivity index (χ0n) is 11.6. The quantitative estimate of drug-likeness (QED) is 0.798. The molecule has 0 atom stereocenters. The summed E-state index contributed by atoms with van der Waals surface area (Å²) >= 11 is 0. The highest BCUT2D eigenvalue weighted by Gasteiger charge is 2.54. The van der Waals surface area contributed by atoms with Gasteiger partial charge in [-0.15, -0.1) is 0 Å². The Kier molecular flexibility index (Phi) is 2.00. The number of aromatic nitrogens is 1. The third-order valence-electron chi connectivity index (χ3n) is 5.90. The largest absolute Gasteiger partial charge is 0.440 e. The second kappa shape index (κ2) is 3.57. The minimum Gasteiger partial charge on any atom is -0.440 e. The summed E-state index contributed by atoms with van der Waals surface area (Å²) in [4.78, 5) is 4.82. The van der Waals surface area contributed by atoms with Gasteiger partial charge >= 0.3 is 0 Å². The molecule has 0 radical (unpaired) electrons. The molecule has 1 heterocycles. The van der Waals surface area contributed by atoms with E-state index in [2.05, 4.69) is 0 Å². The predicted molar refractivity (Wildman–Crippen MR) is 78.3 cm³/mol. The van der Waals surface area contributed by atoms with E-state index in [1.54, 1.807) is 0 Å². The number of hydrogen-bond acceptors (Lipinski definition) is 3. The van der Waals surface area contributed by atoms with Crippen molar-refractivity contribution < 1.29 is 4.42 Å². The zero-order valence-corrected chi connectivity index (χ0v) is 11.6. The van der Waals surface area contributed by atoms with E-state index < -0.39 is 0 Å². The maximum absolute atomic E-state index is 6.14. The Labute approximate surface area is 118 Å². The lowest BCUT2D eigenvalue weighted by Crippen LogP contribution is -2.48. The van der Waals surface area contributed by atoms with Crippen molar-refractivity contribution >= 4 is 16.8 Å². The van der Waals surface area contributed by atoms with Gasteiger partial charge in [0.1, 0.15) is 5.52 Å². The maximum atomic E-state index is 6.14. The SMILES string of the molecule is Nc1ccc2oc(C34CC5CC(CC(C5)C3)C4)nc2c1. The van der Waals surface area contributed by atoms with Crippen molar-refractivity contribution in [3.8, 4) is 0 Å². The fourth-order valence-electron chi connectivity index (χ4n) is 5.54. The Bertz CT molecular complexity index is 652. The average Bonchev–Trinajstić information content (AvgIpc) is 2.80. The van der Waals surface area contributed by atoms with E-state index in [4.69, 9.17) is 15.1 Å². The zero-order chi connectivity index (χ0) is 13.3. The van der Waals surface area contributed by atoms with Crippen LogP contribution >= 0.6 is 0 Å². The highest BCUT2D eigenvalue weighted by molar-refractivity contribution is 5.76. The number of oxazole rings is 1. The predicted octanol–water partition coefficient (Wildman–Crippen LogP) is 3.88. The summed E-state index contributed by atoms with van der Waals surface area (Å²) in [6, 6.07) is 5.79. The van der Waals surface area contributed by atoms with Gasteiger partial charge < -0.3 is 10.2 Å². The molecule has 4 fully saturated rings. The van der Waals surface area contributed by atoms with Crippen LogP contribution in [0.15, 0.2) is 22.6 Å². The number of benzene rings is 1. The molecule has 0 spiro atoms. The van der Waals surface area contributed by atoms with Crippen molar-refractivity contribution in [2.45, 2.75) is 43.9 Å². The van der Waals surface area contributed by atoms with Gasteiger partial charge in [-0.25, -0.2) is 4.98 Å². The van der Waals surface area contributed by atoms with Crippen LogP contribution in [0.3, 0.4) is 0 Å². The molecular formula is C17H20N2O. The van der Waals surface area contributed by atoms with Gasteiger partial charge in [0.2, 0.25) is 5.89 Å². The van der Waals surface area contributed by atoms with E-state index in [9.17, 15) is 0 Å². The smallest absolute Gasteiger partial charge is 0.201 e. The van der Waals surface area contributed by atoms with E-state index in [0.29, 0.717) is 0 Å². The molecule has 4 aliphatic rings.